The predicted octanol–water partition coefficient (Wildman–Crippen LogP) is -0.0681. The number of rotatable bonds is 3. The number of hydrogen-bond acceptors (Lipinski definition) is 4. The van der Waals surface area contributed by atoms with Crippen LogP contribution in [0.15, 0.2) is 0 Å². The molecular formula is C7H13N5. The molecule has 1 fully saturated rings. The molecule has 0 bridgehead atoms. The van der Waals surface area contributed by atoms with Gasteiger partial charge < -0.3 is 5.73 Å². The van der Waals surface area contributed by atoms with Gasteiger partial charge in [-0.3, -0.25) is 0 Å². The number of hydrogen-bond donors (Lipinski definition) is 1. The van der Waals surface area contributed by atoms with Gasteiger partial charge in [0.2, 0.25) is 0 Å². The maximum atomic E-state index is 5.47. The fourth-order valence-corrected chi connectivity index (χ4v) is 1.43. The number of tetrazole rings is 1. The molecular weight excluding hydrogens is 154 g/mol. The fraction of sp³-hybridized carbons (Fsp3) is 0.857. The van der Waals surface area contributed by atoms with Crippen LogP contribution in [0.2, 0.25) is 0 Å². The van der Waals surface area contributed by atoms with E-state index in [1.165, 1.54) is 19.3 Å². The van der Waals surface area contributed by atoms with Crippen molar-refractivity contribution in [2.75, 3.05) is 0 Å². The molecule has 0 amide bonds. The molecule has 0 unspecified atom stereocenters. The van der Waals surface area contributed by atoms with Gasteiger partial charge in [-0.05, 0) is 29.2 Å². The van der Waals surface area contributed by atoms with Crippen LogP contribution >= 0.6 is 0 Å². The Labute approximate surface area is 70.9 Å². The Bertz CT molecular complexity index is 252. The van der Waals surface area contributed by atoms with Gasteiger partial charge in [0.05, 0.1) is 6.54 Å². The van der Waals surface area contributed by atoms with Crippen molar-refractivity contribution >= 4 is 0 Å². The monoisotopic (exact) mass is 167 g/mol. The average Bonchev–Trinajstić information content (AvgIpc) is 2.43. The van der Waals surface area contributed by atoms with Gasteiger partial charge in [0, 0.05) is 6.54 Å². The summed E-state index contributed by atoms with van der Waals surface area (Å²) in [6, 6.07) is 0. The van der Waals surface area contributed by atoms with Crippen molar-refractivity contribution in [3.8, 4) is 0 Å². The topological polar surface area (TPSA) is 69.6 Å². The summed E-state index contributed by atoms with van der Waals surface area (Å²) >= 11 is 0. The highest BCUT2D eigenvalue weighted by atomic mass is 15.5. The molecule has 2 rings (SSSR count). The Morgan fingerprint density at radius 1 is 1.50 bits per heavy atom. The molecule has 5 nitrogen and oxygen atoms in total. The quantitative estimate of drug-likeness (QED) is 0.684. The van der Waals surface area contributed by atoms with Crippen LogP contribution in [0.1, 0.15) is 25.1 Å². The molecule has 12 heavy (non-hydrogen) atoms. The van der Waals surface area contributed by atoms with Gasteiger partial charge >= 0.3 is 0 Å². The summed E-state index contributed by atoms with van der Waals surface area (Å²) in [5.41, 5.74) is 5.47. The first-order valence-electron chi connectivity index (χ1n) is 4.35. The molecule has 1 aliphatic rings. The molecule has 5 heteroatoms. The Morgan fingerprint density at radius 3 is 2.92 bits per heavy atom. The lowest BCUT2D eigenvalue weighted by atomic mass is 9.85. The van der Waals surface area contributed by atoms with Gasteiger partial charge in [-0.2, -0.15) is 0 Å². The molecule has 2 N–H and O–H groups in total. The zero-order chi connectivity index (χ0) is 8.39. The third-order valence-corrected chi connectivity index (χ3v) is 2.44. The van der Waals surface area contributed by atoms with E-state index >= 15 is 0 Å². The minimum Gasteiger partial charge on any atom is -0.324 e. The van der Waals surface area contributed by atoms with E-state index in [0.29, 0.717) is 6.54 Å². The van der Waals surface area contributed by atoms with E-state index in [2.05, 4.69) is 15.5 Å². The largest absolute Gasteiger partial charge is 0.324 e. The first kappa shape index (κ1) is 7.67. The molecule has 1 heterocycles. The molecule has 0 saturated heterocycles. The van der Waals surface area contributed by atoms with E-state index in [9.17, 15) is 0 Å². The van der Waals surface area contributed by atoms with Crippen molar-refractivity contribution in [1.29, 1.82) is 0 Å². The number of nitrogens with two attached hydrogens (primary N) is 1. The minimum atomic E-state index is 0.430. The van der Waals surface area contributed by atoms with Gasteiger partial charge in [0.25, 0.3) is 0 Å². The lowest BCUT2D eigenvalue weighted by Gasteiger charge is -2.24. The molecule has 1 saturated carbocycles. The van der Waals surface area contributed by atoms with Crippen molar-refractivity contribution < 1.29 is 0 Å². The highest BCUT2D eigenvalue weighted by molar-refractivity contribution is 4.80. The van der Waals surface area contributed by atoms with E-state index in [1.807, 2.05) is 4.68 Å². The maximum absolute atomic E-state index is 5.47. The second kappa shape index (κ2) is 3.18. The summed E-state index contributed by atoms with van der Waals surface area (Å²) < 4.78 is 1.82. The minimum absolute atomic E-state index is 0.430. The van der Waals surface area contributed by atoms with Crippen LogP contribution in [-0.2, 0) is 13.1 Å². The summed E-state index contributed by atoms with van der Waals surface area (Å²) in [5, 5.41) is 11.3. The first-order chi connectivity index (χ1) is 5.90. The normalized spacial score (nSPS) is 17.8. The second-order valence-corrected chi connectivity index (χ2v) is 3.28. The van der Waals surface area contributed by atoms with Gasteiger partial charge in [0.1, 0.15) is 0 Å². The van der Waals surface area contributed by atoms with E-state index < -0.39 is 0 Å². The van der Waals surface area contributed by atoms with E-state index in [4.69, 9.17) is 5.73 Å². The number of nitrogens with zero attached hydrogens (tertiary/aromatic N) is 4. The summed E-state index contributed by atoms with van der Waals surface area (Å²) in [7, 11) is 0. The smallest absolute Gasteiger partial charge is 0.164 e. The van der Waals surface area contributed by atoms with Crippen LogP contribution in [0.25, 0.3) is 0 Å². The zero-order valence-corrected chi connectivity index (χ0v) is 6.98. The Kier molecular flexibility index (Phi) is 2.03. The first-order valence-corrected chi connectivity index (χ1v) is 4.35. The third-order valence-electron chi connectivity index (χ3n) is 2.44. The molecule has 0 aromatic carbocycles. The zero-order valence-electron chi connectivity index (χ0n) is 6.98. The van der Waals surface area contributed by atoms with Crippen LogP contribution < -0.4 is 5.73 Å². The molecule has 0 radical (unpaired) electrons. The Morgan fingerprint density at radius 2 is 2.33 bits per heavy atom. The summed E-state index contributed by atoms with van der Waals surface area (Å²) in [6.07, 6.45) is 3.97. The SMILES string of the molecule is NCc1nnnn1CC1CCC1. The van der Waals surface area contributed by atoms with Crippen LogP contribution in [0.3, 0.4) is 0 Å². The van der Waals surface area contributed by atoms with Crippen molar-refractivity contribution in [2.24, 2.45) is 11.7 Å². The summed E-state index contributed by atoms with van der Waals surface area (Å²) in [4.78, 5) is 0. The van der Waals surface area contributed by atoms with Gasteiger partial charge in [-0.15, -0.1) is 5.10 Å². The fourth-order valence-electron chi connectivity index (χ4n) is 1.43. The predicted molar refractivity (Wildman–Crippen MR) is 43.0 cm³/mol. The van der Waals surface area contributed by atoms with E-state index in [1.54, 1.807) is 0 Å². The highest BCUT2D eigenvalue weighted by Crippen LogP contribution is 2.27. The van der Waals surface area contributed by atoms with Crippen LogP contribution in [0.5, 0.6) is 0 Å². The summed E-state index contributed by atoms with van der Waals surface area (Å²) in [6.45, 7) is 1.37. The van der Waals surface area contributed by atoms with Gasteiger partial charge in [0.15, 0.2) is 5.82 Å². The molecule has 1 aromatic rings. The lowest BCUT2D eigenvalue weighted by molar-refractivity contribution is 0.261. The Balaban J connectivity index is 2.00. The average molecular weight is 167 g/mol. The standard InChI is InChI=1S/C7H13N5/c8-4-7-9-10-11-12(7)5-6-2-1-3-6/h6H,1-5,8H2. The molecule has 66 valence electrons. The van der Waals surface area contributed by atoms with Gasteiger partial charge in [-0.25, -0.2) is 4.68 Å². The van der Waals surface area contributed by atoms with E-state index in [-0.39, 0.29) is 0 Å². The number of aromatic nitrogens is 4. The lowest BCUT2D eigenvalue weighted by Crippen LogP contribution is -2.21. The third kappa shape index (κ3) is 1.32. The van der Waals surface area contributed by atoms with Gasteiger partial charge in [-0.1, -0.05) is 6.42 Å². The van der Waals surface area contributed by atoms with Crippen molar-refractivity contribution in [3.05, 3.63) is 5.82 Å². The molecule has 1 aromatic heterocycles. The van der Waals surface area contributed by atoms with Crippen LogP contribution in [0, 0.1) is 5.92 Å². The van der Waals surface area contributed by atoms with Crippen molar-refractivity contribution in [3.63, 3.8) is 0 Å². The highest BCUT2D eigenvalue weighted by Gasteiger charge is 2.19. The molecule has 0 atom stereocenters. The van der Waals surface area contributed by atoms with E-state index in [0.717, 1.165) is 18.3 Å². The second-order valence-electron chi connectivity index (χ2n) is 3.28. The van der Waals surface area contributed by atoms with Crippen molar-refractivity contribution in [1.82, 2.24) is 20.2 Å². The summed E-state index contributed by atoms with van der Waals surface area (Å²) in [5.74, 6) is 1.57. The molecule has 0 spiro atoms. The van der Waals surface area contributed by atoms with Crippen LogP contribution in [0.4, 0.5) is 0 Å². The maximum Gasteiger partial charge on any atom is 0.164 e. The Hall–Kier alpha value is -0.970. The molecule has 1 aliphatic carbocycles. The molecule has 0 aliphatic heterocycles. The van der Waals surface area contributed by atoms with Crippen molar-refractivity contribution in [2.45, 2.75) is 32.4 Å². The van der Waals surface area contributed by atoms with Crippen LogP contribution in [-0.4, -0.2) is 20.2 Å².